The van der Waals surface area contributed by atoms with Gasteiger partial charge < -0.3 is 10.2 Å². The normalized spacial score (nSPS) is 25.6. The molecule has 1 aromatic carbocycles. The van der Waals surface area contributed by atoms with Crippen LogP contribution >= 0.6 is 0 Å². The average Bonchev–Trinajstić information content (AvgIpc) is 2.93. The van der Waals surface area contributed by atoms with Crippen molar-refractivity contribution >= 4 is 5.91 Å². The Morgan fingerprint density at radius 1 is 1.35 bits per heavy atom. The standard InChI is InChI=1S/C17H24N2O/c1-13-4-2-3-5-14(13)6-7-17(20)19-11-9-16-15(12-19)8-10-18-16/h2-5,15-16,18H,6-12H2,1H3. The second-order valence-electron chi connectivity index (χ2n) is 6.16. The molecule has 2 atom stereocenters. The number of aryl methyl sites for hydroxylation is 2. The summed E-state index contributed by atoms with van der Waals surface area (Å²) < 4.78 is 0. The molecule has 0 saturated carbocycles. The second kappa shape index (κ2) is 5.96. The van der Waals surface area contributed by atoms with Crippen molar-refractivity contribution in [1.29, 1.82) is 0 Å². The van der Waals surface area contributed by atoms with Gasteiger partial charge in [0.2, 0.25) is 5.91 Å². The number of carbonyl (C=O) groups excluding carboxylic acids is 1. The molecule has 2 aliphatic rings. The Hall–Kier alpha value is -1.35. The van der Waals surface area contributed by atoms with Gasteiger partial charge >= 0.3 is 0 Å². The van der Waals surface area contributed by atoms with Crippen molar-refractivity contribution in [1.82, 2.24) is 10.2 Å². The van der Waals surface area contributed by atoms with Crippen LogP contribution in [-0.4, -0.2) is 36.5 Å². The molecular formula is C17H24N2O. The van der Waals surface area contributed by atoms with E-state index in [1.165, 1.54) is 17.5 Å². The van der Waals surface area contributed by atoms with Crippen LogP contribution in [0.4, 0.5) is 0 Å². The topological polar surface area (TPSA) is 32.3 Å². The van der Waals surface area contributed by atoms with E-state index in [-0.39, 0.29) is 0 Å². The third-order valence-corrected chi connectivity index (χ3v) is 4.88. The summed E-state index contributed by atoms with van der Waals surface area (Å²) in [4.78, 5) is 14.5. The highest BCUT2D eigenvalue weighted by Crippen LogP contribution is 2.25. The largest absolute Gasteiger partial charge is 0.342 e. The molecule has 1 amide bonds. The number of piperidine rings is 1. The summed E-state index contributed by atoms with van der Waals surface area (Å²) >= 11 is 0. The summed E-state index contributed by atoms with van der Waals surface area (Å²) in [5.74, 6) is 1.02. The number of rotatable bonds is 3. The fraction of sp³-hybridized carbons (Fsp3) is 0.588. The van der Waals surface area contributed by atoms with Crippen molar-refractivity contribution < 1.29 is 4.79 Å². The van der Waals surface area contributed by atoms with Gasteiger partial charge in [-0.05, 0) is 49.8 Å². The van der Waals surface area contributed by atoms with Crippen LogP contribution in [0.2, 0.25) is 0 Å². The third kappa shape index (κ3) is 2.88. The average molecular weight is 272 g/mol. The Kier molecular flexibility index (Phi) is 4.06. The van der Waals surface area contributed by atoms with Crippen LogP contribution in [0.15, 0.2) is 24.3 Å². The first-order valence-electron chi connectivity index (χ1n) is 7.79. The summed E-state index contributed by atoms with van der Waals surface area (Å²) in [6.07, 6.45) is 3.87. The van der Waals surface area contributed by atoms with Gasteiger partial charge in [-0.15, -0.1) is 0 Å². The van der Waals surface area contributed by atoms with E-state index in [0.29, 0.717) is 24.3 Å². The lowest BCUT2D eigenvalue weighted by molar-refractivity contribution is -0.133. The summed E-state index contributed by atoms with van der Waals surface area (Å²) in [7, 11) is 0. The molecule has 3 heteroatoms. The van der Waals surface area contributed by atoms with Crippen molar-refractivity contribution in [3.8, 4) is 0 Å². The molecule has 2 fully saturated rings. The molecule has 2 saturated heterocycles. The van der Waals surface area contributed by atoms with Crippen LogP contribution in [0.25, 0.3) is 0 Å². The maximum absolute atomic E-state index is 12.4. The molecule has 20 heavy (non-hydrogen) atoms. The van der Waals surface area contributed by atoms with Crippen LogP contribution in [0.3, 0.4) is 0 Å². The second-order valence-corrected chi connectivity index (χ2v) is 6.16. The van der Waals surface area contributed by atoms with Gasteiger partial charge in [0.15, 0.2) is 0 Å². The maximum atomic E-state index is 12.4. The molecule has 0 aliphatic carbocycles. The molecule has 0 radical (unpaired) electrons. The fourth-order valence-corrected chi connectivity index (χ4v) is 3.56. The molecule has 2 heterocycles. The van der Waals surface area contributed by atoms with E-state index >= 15 is 0 Å². The number of carbonyl (C=O) groups is 1. The predicted molar refractivity (Wildman–Crippen MR) is 80.6 cm³/mol. The Bertz CT molecular complexity index is 486. The number of nitrogens with zero attached hydrogens (tertiary/aromatic N) is 1. The monoisotopic (exact) mass is 272 g/mol. The highest BCUT2D eigenvalue weighted by Gasteiger charge is 2.33. The SMILES string of the molecule is Cc1ccccc1CCC(=O)N1CCC2NCCC2C1. The third-order valence-electron chi connectivity index (χ3n) is 4.88. The van der Waals surface area contributed by atoms with Gasteiger partial charge in [-0.3, -0.25) is 4.79 Å². The summed E-state index contributed by atoms with van der Waals surface area (Å²) in [6.45, 7) is 5.14. The van der Waals surface area contributed by atoms with Gasteiger partial charge in [0.1, 0.15) is 0 Å². The lowest BCUT2D eigenvalue weighted by Crippen LogP contribution is -2.46. The summed E-state index contributed by atoms with van der Waals surface area (Å²) in [5.41, 5.74) is 2.59. The Morgan fingerprint density at radius 2 is 2.20 bits per heavy atom. The molecule has 1 N–H and O–H groups in total. The minimum Gasteiger partial charge on any atom is -0.342 e. The van der Waals surface area contributed by atoms with Crippen LogP contribution < -0.4 is 5.32 Å². The molecule has 1 aromatic rings. The van der Waals surface area contributed by atoms with E-state index in [1.807, 2.05) is 0 Å². The molecule has 2 aliphatic heterocycles. The lowest BCUT2D eigenvalue weighted by atomic mass is 9.93. The van der Waals surface area contributed by atoms with E-state index in [0.717, 1.165) is 32.5 Å². The maximum Gasteiger partial charge on any atom is 0.222 e. The smallest absolute Gasteiger partial charge is 0.222 e. The van der Waals surface area contributed by atoms with Crippen LogP contribution in [0.1, 0.15) is 30.4 Å². The quantitative estimate of drug-likeness (QED) is 0.914. The zero-order valence-corrected chi connectivity index (χ0v) is 12.3. The Labute approximate surface area is 121 Å². The summed E-state index contributed by atoms with van der Waals surface area (Å²) in [5, 5.41) is 3.55. The van der Waals surface area contributed by atoms with E-state index in [9.17, 15) is 4.79 Å². The molecule has 108 valence electrons. The Morgan fingerprint density at radius 3 is 3.05 bits per heavy atom. The fourth-order valence-electron chi connectivity index (χ4n) is 3.56. The highest BCUT2D eigenvalue weighted by atomic mass is 16.2. The number of hydrogen-bond acceptors (Lipinski definition) is 2. The van der Waals surface area contributed by atoms with Crippen molar-refractivity contribution in [2.24, 2.45) is 5.92 Å². The molecule has 0 spiro atoms. The lowest BCUT2D eigenvalue weighted by Gasteiger charge is -2.35. The number of likely N-dealkylation sites (tertiary alicyclic amines) is 1. The van der Waals surface area contributed by atoms with Crippen molar-refractivity contribution in [2.45, 2.75) is 38.6 Å². The number of amides is 1. The van der Waals surface area contributed by atoms with E-state index < -0.39 is 0 Å². The minimum atomic E-state index is 0.332. The number of nitrogens with one attached hydrogen (secondary N) is 1. The van der Waals surface area contributed by atoms with Gasteiger partial charge in [-0.2, -0.15) is 0 Å². The number of fused-ring (bicyclic) bond motifs is 1. The molecule has 3 nitrogen and oxygen atoms in total. The first kappa shape index (κ1) is 13.6. The highest BCUT2D eigenvalue weighted by molar-refractivity contribution is 5.76. The van der Waals surface area contributed by atoms with Gasteiger partial charge in [-0.25, -0.2) is 0 Å². The van der Waals surface area contributed by atoms with Gasteiger partial charge in [0.05, 0.1) is 0 Å². The first-order valence-corrected chi connectivity index (χ1v) is 7.79. The molecule has 0 bridgehead atoms. The van der Waals surface area contributed by atoms with Crippen molar-refractivity contribution in [3.05, 3.63) is 35.4 Å². The predicted octanol–water partition coefficient (Wildman–Crippen LogP) is 2.14. The minimum absolute atomic E-state index is 0.332. The van der Waals surface area contributed by atoms with Gasteiger partial charge in [0, 0.05) is 25.6 Å². The van der Waals surface area contributed by atoms with Crippen molar-refractivity contribution in [2.75, 3.05) is 19.6 Å². The van der Waals surface area contributed by atoms with Gasteiger partial charge in [-0.1, -0.05) is 24.3 Å². The number of benzene rings is 1. The van der Waals surface area contributed by atoms with Gasteiger partial charge in [0.25, 0.3) is 0 Å². The van der Waals surface area contributed by atoms with E-state index in [4.69, 9.17) is 0 Å². The first-order chi connectivity index (χ1) is 9.74. The van der Waals surface area contributed by atoms with Crippen molar-refractivity contribution in [3.63, 3.8) is 0 Å². The Balaban J connectivity index is 1.53. The van der Waals surface area contributed by atoms with E-state index in [1.54, 1.807) is 0 Å². The van der Waals surface area contributed by atoms with Crippen LogP contribution in [0.5, 0.6) is 0 Å². The van der Waals surface area contributed by atoms with E-state index in [2.05, 4.69) is 41.4 Å². The summed E-state index contributed by atoms with van der Waals surface area (Å²) in [6, 6.07) is 9.03. The zero-order chi connectivity index (χ0) is 13.9. The molecular weight excluding hydrogens is 248 g/mol. The number of hydrogen-bond donors (Lipinski definition) is 1. The zero-order valence-electron chi connectivity index (χ0n) is 12.3. The molecule has 2 unspecified atom stereocenters. The van der Waals surface area contributed by atoms with Crippen LogP contribution in [0, 0.1) is 12.8 Å². The van der Waals surface area contributed by atoms with Crippen LogP contribution in [-0.2, 0) is 11.2 Å². The molecule has 0 aromatic heterocycles. The molecule has 3 rings (SSSR count).